The first-order valence-electron chi connectivity index (χ1n) is 8.84. The average molecular weight is 352 g/mol. The summed E-state index contributed by atoms with van der Waals surface area (Å²) in [4.78, 5) is 4.26. The first-order chi connectivity index (χ1) is 12.4. The summed E-state index contributed by atoms with van der Waals surface area (Å²) in [6, 6.07) is 10.7. The molecule has 0 aliphatic heterocycles. The van der Waals surface area contributed by atoms with Gasteiger partial charge in [-0.15, -0.1) is 0 Å². The number of aromatic nitrogens is 3. The largest absolute Gasteiger partial charge is 0.306 e. The average Bonchev–Trinajstić information content (AvgIpc) is 3.07. The van der Waals surface area contributed by atoms with Crippen LogP contribution in [-0.4, -0.2) is 15.2 Å². The summed E-state index contributed by atoms with van der Waals surface area (Å²) in [6.45, 7) is 7.37. The number of pyridine rings is 1. The summed E-state index contributed by atoms with van der Waals surface area (Å²) in [5, 5.41) is 10.8. The Hall–Kier alpha value is -2.53. The van der Waals surface area contributed by atoms with Crippen molar-refractivity contribution in [3.8, 4) is 11.3 Å². The summed E-state index contributed by atoms with van der Waals surface area (Å²) in [5.41, 5.74) is 4.25. The van der Waals surface area contributed by atoms with Crippen LogP contribution in [0.1, 0.15) is 44.4 Å². The lowest BCUT2D eigenvalue weighted by atomic mass is 9.85. The van der Waals surface area contributed by atoms with Crippen LogP contribution in [0.15, 0.2) is 55.0 Å². The Morgan fingerprint density at radius 3 is 2.54 bits per heavy atom. The molecule has 0 aliphatic carbocycles. The molecular formula is C21H25FN4. The Kier molecular flexibility index (Phi) is 5.47. The molecule has 0 saturated carbocycles. The van der Waals surface area contributed by atoms with E-state index in [1.807, 2.05) is 18.5 Å². The zero-order valence-corrected chi connectivity index (χ0v) is 15.5. The van der Waals surface area contributed by atoms with Gasteiger partial charge in [0.2, 0.25) is 0 Å². The van der Waals surface area contributed by atoms with E-state index in [0.717, 1.165) is 23.2 Å². The van der Waals surface area contributed by atoms with Crippen LogP contribution in [0.3, 0.4) is 0 Å². The molecule has 26 heavy (non-hydrogen) atoms. The molecule has 1 aromatic carbocycles. The van der Waals surface area contributed by atoms with Crippen molar-refractivity contribution in [2.45, 2.75) is 39.8 Å². The fourth-order valence-corrected chi connectivity index (χ4v) is 3.05. The maximum Gasteiger partial charge on any atom is 0.123 e. The molecule has 0 saturated heterocycles. The molecule has 2 heterocycles. The van der Waals surface area contributed by atoms with Gasteiger partial charge in [0.1, 0.15) is 5.82 Å². The van der Waals surface area contributed by atoms with Crippen LogP contribution in [0.5, 0.6) is 0 Å². The predicted molar refractivity (Wildman–Crippen MR) is 102 cm³/mol. The lowest BCUT2D eigenvalue weighted by Gasteiger charge is -2.27. The minimum absolute atomic E-state index is 0.184. The number of hydrogen-bond donors (Lipinski definition) is 2. The molecule has 1 atom stereocenters. The molecule has 3 aromatic rings. The quantitative estimate of drug-likeness (QED) is 0.665. The van der Waals surface area contributed by atoms with Crippen molar-refractivity contribution in [3.05, 3.63) is 71.9 Å². The second-order valence-corrected chi connectivity index (χ2v) is 7.76. The molecule has 3 rings (SSSR count). The lowest BCUT2D eigenvalue weighted by molar-refractivity contribution is 0.310. The molecule has 0 spiro atoms. The summed E-state index contributed by atoms with van der Waals surface area (Å²) < 4.78 is 13.2. The third-order valence-corrected chi connectivity index (χ3v) is 4.29. The van der Waals surface area contributed by atoms with Crippen LogP contribution >= 0.6 is 0 Å². The molecule has 0 radical (unpaired) electrons. The molecule has 5 heteroatoms. The fourth-order valence-electron chi connectivity index (χ4n) is 3.05. The third-order valence-electron chi connectivity index (χ3n) is 4.29. The second kappa shape index (κ2) is 7.79. The summed E-state index contributed by atoms with van der Waals surface area (Å²) in [5.74, 6) is -0.241. The Labute approximate surface area is 153 Å². The van der Waals surface area contributed by atoms with Crippen molar-refractivity contribution < 1.29 is 4.39 Å². The van der Waals surface area contributed by atoms with Crippen LogP contribution in [0.4, 0.5) is 4.39 Å². The van der Waals surface area contributed by atoms with Gasteiger partial charge in [-0.1, -0.05) is 26.8 Å². The summed E-state index contributed by atoms with van der Waals surface area (Å²) in [7, 11) is 0. The van der Waals surface area contributed by atoms with Gasteiger partial charge in [-0.25, -0.2) is 4.39 Å². The van der Waals surface area contributed by atoms with Gasteiger partial charge in [0.05, 0.1) is 11.9 Å². The molecule has 136 valence electrons. The van der Waals surface area contributed by atoms with Crippen LogP contribution in [0.25, 0.3) is 11.3 Å². The van der Waals surface area contributed by atoms with Gasteiger partial charge in [0.25, 0.3) is 0 Å². The molecular weight excluding hydrogens is 327 g/mol. The molecule has 0 amide bonds. The van der Waals surface area contributed by atoms with E-state index >= 15 is 0 Å². The van der Waals surface area contributed by atoms with E-state index in [1.165, 1.54) is 17.7 Å². The monoisotopic (exact) mass is 352 g/mol. The van der Waals surface area contributed by atoms with Crippen LogP contribution in [-0.2, 0) is 6.54 Å². The van der Waals surface area contributed by atoms with Crippen molar-refractivity contribution in [3.63, 3.8) is 0 Å². The SMILES string of the molecule is CC(C)(C)CC(NCc1cn[nH]c1-c1ccc(F)cc1)c1cccnc1. The molecule has 2 N–H and O–H groups in total. The molecule has 4 nitrogen and oxygen atoms in total. The van der Waals surface area contributed by atoms with E-state index < -0.39 is 0 Å². The van der Waals surface area contributed by atoms with Gasteiger partial charge in [-0.2, -0.15) is 5.10 Å². The molecule has 1 unspecified atom stereocenters. The number of nitrogens with one attached hydrogen (secondary N) is 2. The Bertz CT molecular complexity index is 819. The van der Waals surface area contributed by atoms with Crippen molar-refractivity contribution in [2.75, 3.05) is 0 Å². The highest BCUT2D eigenvalue weighted by molar-refractivity contribution is 5.62. The van der Waals surface area contributed by atoms with Crippen molar-refractivity contribution >= 4 is 0 Å². The first-order valence-corrected chi connectivity index (χ1v) is 8.84. The molecule has 0 fully saturated rings. The second-order valence-electron chi connectivity index (χ2n) is 7.76. The van der Waals surface area contributed by atoms with Gasteiger partial charge in [-0.05, 0) is 47.7 Å². The zero-order valence-electron chi connectivity index (χ0n) is 15.5. The highest BCUT2D eigenvalue weighted by atomic mass is 19.1. The number of halogens is 1. The Balaban J connectivity index is 1.78. The van der Waals surface area contributed by atoms with E-state index in [-0.39, 0.29) is 17.3 Å². The van der Waals surface area contributed by atoms with Gasteiger partial charge >= 0.3 is 0 Å². The fraction of sp³-hybridized carbons (Fsp3) is 0.333. The lowest BCUT2D eigenvalue weighted by Crippen LogP contribution is -2.25. The van der Waals surface area contributed by atoms with E-state index in [2.05, 4.69) is 47.3 Å². The van der Waals surface area contributed by atoms with E-state index in [4.69, 9.17) is 0 Å². The van der Waals surface area contributed by atoms with E-state index in [0.29, 0.717) is 6.54 Å². The highest BCUT2D eigenvalue weighted by Crippen LogP contribution is 2.30. The zero-order chi connectivity index (χ0) is 18.6. The number of rotatable bonds is 6. The molecule has 0 bridgehead atoms. The normalized spacial score (nSPS) is 12.9. The first kappa shape index (κ1) is 18.3. The number of nitrogens with zero attached hydrogens (tertiary/aromatic N) is 2. The maximum atomic E-state index is 13.2. The molecule has 2 aromatic heterocycles. The van der Waals surface area contributed by atoms with Crippen LogP contribution < -0.4 is 5.32 Å². The predicted octanol–water partition coefficient (Wildman–Crippen LogP) is 4.88. The standard InChI is InChI=1S/C21H25FN4/c1-21(2,3)11-19(16-5-4-10-23-12-16)24-13-17-14-25-26-20(17)15-6-8-18(22)9-7-15/h4-10,12,14,19,24H,11,13H2,1-3H3,(H,25,26). The van der Waals surface area contributed by atoms with Crippen LogP contribution in [0.2, 0.25) is 0 Å². The minimum atomic E-state index is -0.241. The number of aromatic amines is 1. The van der Waals surface area contributed by atoms with Crippen molar-refractivity contribution in [1.82, 2.24) is 20.5 Å². The van der Waals surface area contributed by atoms with Gasteiger partial charge in [0, 0.05) is 36.1 Å². The highest BCUT2D eigenvalue weighted by Gasteiger charge is 2.21. The minimum Gasteiger partial charge on any atom is -0.306 e. The summed E-state index contributed by atoms with van der Waals surface area (Å²) >= 11 is 0. The van der Waals surface area contributed by atoms with Gasteiger partial charge in [-0.3, -0.25) is 10.1 Å². The van der Waals surface area contributed by atoms with E-state index in [1.54, 1.807) is 18.3 Å². The van der Waals surface area contributed by atoms with Crippen molar-refractivity contribution in [2.24, 2.45) is 5.41 Å². The Morgan fingerprint density at radius 1 is 1.12 bits per heavy atom. The summed E-state index contributed by atoms with van der Waals surface area (Å²) in [6.07, 6.45) is 6.52. The third kappa shape index (κ3) is 4.76. The van der Waals surface area contributed by atoms with Gasteiger partial charge in [0.15, 0.2) is 0 Å². The Morgan fingerprint density at radius 2 is 1.88 bits per heavy atom. The number of H-pyrrole nitrogens is 1. The topological polar surface area (TPSA) is 53.6 Å². The smallest absolute Gasteiger partial charge is 0.123 e. The number of hydrogen-bond acceptors (Lipinski definition) is 3. The van der Waals surface area contributed by atoms with E-state index in [9.17, 15) is 4.39 Å². The van der Waals surface area contributed by atoms with Crippen LogP contribution in [0, 0.1) is 11.2 Å². The molecule has 0 aliphatic rings. The van der Waals surface area contributed by atoms with Crippen molar-refractivity contribution in [1.29, 1.82) is 0 Å². The maximum absolute atomic E-state index is 13.2. The number of benzene rings is 1. The van der Waals surface area contributed by atoms with Gasteiger partial charge < -0.3 is 5.32 Å².